The Kier molecular flexibility index (Phi) is 2.99. The van der Waals surface area contributed by atoms with E-state index in [4.69, 9.17) is 11.6 Å². The predicted molar refractivity (Wildman–Crippen MR) is 79.6 cm³/mol. The van der Waals surface area contributed by atoms with Gasteiger partial charge < -0.3 is 0 Å². The van der Waals surface area contributed by atoms with Crippen LogP contribution in [0.5, 0.6) is 0 Å². The third-order valence-electron chi connectivity index (χ3n) is 3.23. The molecule has 0 unspecified atom stereocenters. The van der Waals surface area contributed by atoms with Crippen molar-refractivity contribution in [1.82, 2.24) is 9.38 Å². The van der Waals surface area contributed by atoms with E-state index in [9.17, 15) is 10.1 Å². The van der Waals surface area contributed by atoms with Gasteiger partial charge in [-0.1, -0.05) is 17.7 Å². The Hall–Kier alpha value is -1.92. The summed E-state index contributed by atoms with van der Waals surface area (Å²) in [4.78, 5) is 17.0. The number of benzene rings is 1. The van der Waals surface area contributed by atoms with Gasteiger partial charge in [-0.15, -0.1) is 11.3 Å². The van der Waals surface area contributed by atoms with Gasteiger partial charge in [0.15, 0.2) is 4.96 Å². The maximum Gasteiger partial charge on any atom is 0.288 e. The van der Waals surface area contributed by atoms with Gasteiger partial charge >= 0.3 is 0 Å². The molecular weight excluding hydrogens is 298 g/mol. The summed E-state index contributed by atoms with van der Waals surface area (Å²) in [7, 11) is 0. The van der Waals surface area contributed by atoms with Crippen LogP contribution in [-0.4, -0.2) is 14.3 Å². The highest BCUT2D eigenvalue weighted by atomic mass is 35.5. The highest BCUT2D eigenvalue weighted by Crippen LogP contribution is 2.31. The summed E-state index contributed by atoms with van der Waals surface area (Å²) in [5, 5.41) is 11.1. The number of nitro benzene ring substituents is 1. The van der Waals surface area contributed by atoms with Crippen LogP contribution in [0.4, 0.5) is 5.69 Å². The smallest absolute Gasteiger partial charge is 0.288 e. The van der Waals surface area contributed by atoms with Crippen LogP contribution in [0, 0.1) is 24.0 Å². The second kappa shape index (κ2) is 4.57. The summed E-state index contributed by atoms with van der Waals surface area (Å²) in [5.41, 5.74) is 2.42. The second-order valence-electron chi connectivity index (χ2n) is 4.45. The molecule has 7 heteroatoms. The van der Waals surface area contributed by atoms with Crippen LogP contribution in [-0.2, 0) is 0 Å². The summed E-state index contributed by atoms with van der Waals surface area (Å²) in [6.07, 6.45) is 1.89. The molecule has 0 aliphatic heterocycles. The molecule has 20 heavy (non-hydrogen) atoms. The predicted octanol–water partition coefficient (Wildman–Crippen LogP) is 4.24. The Morgan fingerprint density at radius 2 is 2.15 bits per heavy atom. The molecule has 102 valence electrons. The maximum absolute atomic E-state index is 10.9. The average Bonchev–Trinajstić information content (AvgIpc) is 2.91. The molecule has 0 amide bonds. The van der Waals surface area contributed by atoms with Crippen molar-refractivity contribution in [1.29, 1.82) is 0 Å². The van der Waals surface area contributed by atoms with Crippen molar-refractivity contribution in [2.45, 2.75) is 13.8 Å². The first-order valence-corrected chi connectivity index (χ1v) is 7.06. The van der Waals surface area contributed by atoms with Crippen LogP contribution in [0.2, 0.25) is 5.02 Å². The van der Waals surface area contributed by atoms with Gasteiger partial charge in [0.2, 0.25) is 0 Å². The number of thiazole rings is 1. The fourth-order valence-electron chi connectivity index (χ4n) is 2.01. The standard InChI is InChI=1S/C13H10ClN3O2S/c1-7-8(2)20-13-15-11(6-16(7)13)9-3-4-10(14)12(5-9)17(18)19/h3-6H,1-2H3. The lowest BCUT2D eigenvalue weighted by Gasteiger charge is -1.99. The molecule has 0 N–H and O–H groups in total. The van der Waals surface area contributed by atoms with Crippen molar-refractivity contribution in [3.63, 3.8) is 0 Å². The van der Waals surface area contributed by atoms with Crippen molar-refractivity contribution >= 4 is 33.6 Å². The highest BCUT2D eigenvalue weighted by Gasteiger charge is 2.16. The Morgan fingerprint density at radius 3 is 2.80 bits per heavy atom. The van der Waals surface area contributed by atoms with Crippen LogP contribution < -0.4 is 0 Å². The molecule has 0 bridgehead atoms. The summed E-state index contributed by atoms with van der Waals surface area (Å²) in [6, 6.07) is 4.72. The molecule has 0 saturated heterocycles. The van der Waals surface area contributed by atoms with E-state index < -0.39 is 4.92 Å². The quantitative estimate of drug-likeness (QED) is 0.525. The van der Waals surface area contributed by atoms with Crippen LogP contribution in [0.1, 0.15) is 10.6 Å². The lowest BCUT2D eigenvalue weighted by Crippen LogP contribution is -1.90. The van der Waals surface area contributed by atoms with Gasteiger partial charge in [-0.25, -0.2) is 4.98 Å². The van der Waals surface area contributed by atoms with Crippen LogP contribution >= 0.6 is 22.9 Å². The van der Waals surface area contributed by atoms with Gasteiger partial charge in [0.05, 0.1) is 10.6 Å². The number of rotatable bonds is 2. The van der Waals surface area contributed by atoms with E-state index in [0.717, 1.165) is 10.7 Å². The molecule has 0 radical (unpaired) electrons. The zero-order valence-electron chi connectivity index (χ0n) is 10.8. The average molecular weight is 308 g/mol. The summed E-state index contributed by atoms with van der Waals surface area (Å²) >= 11 is 7.42. The lowest BCUT2D eigenvalue weighted by atomic mass is 10.1. The number of nitrogens with zero attached hydrogens (tertiary/aromatic N) is 3. The second-order valence-corrected chi connectivity index (χ2v) is 6.03. The zero-order valence-corrected chi connectivity index (χ0v) is 12.3. The molecule has 0 spiro atoms. The van der Waals surface area contributed by atoms with Crippen molar-refractivity contribution in [3.8, 4) is 11.3 Å². The van der Waals surface area contributed by atoms with Crippen LogP contribution in [0.15, 0.2) is 24.4 Å². The fourth-order valence-corrected chi connectivity index (χ4v) is 3.15. The summed E-state index contributed by atoms with van der Waals surface area (Å²) in [6.45, 7) is 4.07. The molecule has 0 saturated carbocycles. The maximum atomic E-state index is 10.9. The number of fused-ring (bicyclic) bond motifs is 1. The van der Waals surface area contributed by atoms with Crippen molar-refractivity contribution < 1.29 is 4.92 Å². The number of nitro groups is 1. The van der Waals surface area contributed by atoms with E-state index in [0.29, 0.717) is 11.3 Å². The van der Waals surface area contributed by atoms with E-state index in [1.54, 1.807) is 17.4 Å². The number of aryl methyl sites for hydroxylation is 2. The molecule has 1 aromatic carbocycles. The molecule has 2 heterocycles. The minimum absolute atomic E-state index is 0.103. The van der Waals surface area contributed by atoms with E-state index in [2.05, 4.69) is 4.98 Å². The number of halogens is 1. The SMILES string of the molecule is Cc1sc2nc(-c3ccc(Cl)c([N+](=O)[O-])c3)cn2c1C. The van der Waals surface area contributed by atoms with Crippen LogP contribution in [0.25, 0.3) is 16.2 Å². The van der Waals surface area contributed by atoms with Gasteiger partial charge in [0.1, 0.15) is 5.02 Å². The first-order chi connectivity index (χ1) is 9.47. The zero-order chi connectivity index (χ0) is 14.4. The molecule has 0 aliphatic carbocycles. The fraction of sp³-hybridized carbons (Fsp3) is 0.154. The van der Waals surface area contributed by atoms with Gasteiger partial charge in [0.25, 0.3) is 5.69 Å². The van der Waals surface area contributed by atoms with E-state index in [1.165, 1.54) is 17.0 Å². The van der Waals surface area contributed by atoms with Crippen molar-refractivity contribution in [2.75, 3.05) is 0 Å². The third-order valence-corrected chi connectivity index (χ3v) is 4.62. The first kappa shape index (κ1) is 13.1. The summed E-state index contributed by atoms with van der Waals surface area (Å²) < 4.78 is 2.00. The molecule has 3 aromatic rings. The van der Waals surface area contributed by atoms with Crippen molar-refractivity contribution in [2.24, 2.45) is 0 Å². The molecule has 3 rings (SSSR count). The van der Waals surface area contributed by atoms with Gasteiger partial charge in [-0.05, 0) is 19.9 Å². The molecule has 0 fully saturated rings. The van der Waals surface area contributed by atoms with Crippen molar-refractivity contribution in [3.05, 3.63) is 50.1 Å². The Morgan fingerprint density at radius 1 is 1.40 bits per heavy atom. The first-order valence-electron chi connectivity index (χ1n) is 5.87. The van der Waals surface area contributed by atoms with Gasteiger partial charge in [0, 0.05) is 28.4 Å². The molecular formula is C13H10ClN3O2S. The number of imidazole rings is 1. The number of aromatic nitrogens is 2. The van der Waals surface area contributed by atoms with E-state index >= 15 is 0 Å². The molecule has 2 aromatic heterocycles. The van der Waals surface area contributed by atoms with E-state index in [1.807, 2.05) is 24.4 Å². The minimum atomic E-state index is -0.486. The third kappa shape index (κ3) is 1.97. The van der Waals surface area contributed by atoms with E-state index in [-0.39, 0.29) is 10.7 Å². The molecule has 5 nitrogen and oxygen atoms in total. The highest BCUT2D eigenvalue weighted by molar-refractivity contribution is 7.17. The van der Waals surface area contributed by atoms with Gasteiger partial charge in [-0.2, -0.15) is 0 Å². The van der Waals surface area contributed by atoms with Gasteiger partial charge in [-0.3, -0.25) is 14.5 Å². The monoisotopic (exact) mass is 307 g/mol. The molecule has 0 atom stereocenters. The minimum Gasteiger partial charge on any atom is -0.294 e. The number of hydrogen-bond donors (Lipinski definition) is 0. The van der Waals surface area contributed by atoms with Crippen LogP contribution in [0.3, 0.4) is 0 Å². The normalized spacial score (nSPS) is 11.2. The lowest BCUT2D eigenvalue weighted by molar-refractivity contribution is -0.384. The largest absolute Gasteiger partial charge is 0.294 e. The summed E-state index contributed by atoms with van der Waals surface area (Å²) in [5.74, 6) is 0. The topological polar surface area (TPSA) is 60.4 Å². The Labute approximate surface area is 123 Å². The molecule has 0 aliphatic rings. The number of hydrogen-bond acceptors (Lipinski definition) is 4. The Bertz CT molecular complexity index is 838. The Balaban J connectivity index is 2.15.